The number of hydrogen-bond acceptors (Lipinski definition) is 4. The molecule has 1 rings (SSSR count). The molecule has 1 aromatic carbocycles. The molecule has 0 aromatic heterocycles. The maximum atomic E-state index is 11.4. The Morgan fingerprint density at radius 2 is 1.89 bits per heavy atom. The number of hydrogen-bond donors (Lipinski definition) is 0. The normalized spacial score (nSPS) is 11.3. The number of carbonyl (C=O) groups excluding carboxylic acids is 1. The molecule has 1 aromatic rings. The number of unbranched alkanes of at least 4 members (excludes halogenated alkanes) is 2. The highest BCUT2D eigenvalue weighted by Gasteiger charge is 2.07. The summed E-state index contributed by atoms with van der Waals surface area (Å²) in [6.45, 7) is 1.94. The summed E-state index contributed by atoms with van der Waals surface area (Å²) in [5.41, 5.74) is 0.561. The highest BCUT2D eigenvalue weighted by atomic mass is 35.7. The van der Waals surface area contributed by atoms with Gasteiger partial charge in [0.1, 0.15) is 5.75 Å². The lowest BCUT2D eigenvalue weighted by molar-refractivity contribution is 0.101. The number of rotatable bonds is 8. The number of halogens is 1. The van der Waals surface area contributed by atoms with Crippen LogP contribution in [0.25, 0.3) is 0 Å². The average Bonchev–Trinajstić information content (AvgIpc) is 2.32. The van der Waals surface area contributed by atoms with Gasteiger partial charge >= 0.3 is 0 Å². The van der Waals surface area contributed by atoms with Crippen molar-refractivity contribution in [2.75, 3.05) is 12.4 Å². The maximum absolute atomic E-state index is 11.4. The van der Waals surface area contributed by atoms with Gasteiger partial charge in [-0.3, -0.25) is 4.79 Å². The molecule has 0 aliphatic heterocycles. The summed E-state index contributed by atoms with van der Waals surface area (Å²) in [5.74, 6) is 0.516. The minimum Gasteiger partial charge on any atom is -0.493 e. The largest absolute Gasteiger partial charge is 0.493 e. The molecule has 0 bridgehead atoms. The van der Waals surface area contributed by atoms with E-state index in [1.807, 2.05) is 6.07 Å². The molecule has 6 heteroatoms. The summed E-state index contributed by atoms with van der Waals surface area (Å²) in [6.07, 6.45) is 1.95. The van der Waals surface area contributed by atoms with Crippen LogP contribution in [0.4, 0.5) is 0 Å². The van der Waals surface area contributed by atoms with E-state index in [1.165, 1.54) is 6.92 Å². The third-order valence-corrected chi connectivity index (χ3v) is 3.80. The Balaban J connectivity index is 2.32. The Hall–Kier alpha value is -1.07. The maximum Gasteiger partial charge on any atom is 0.232 e. The van der Waals surface area contributed by atoms with Crippen molar-refractivity contribution < 1.29 is 17.9 Å². The van der Waals surface area contributed by atoms with Gasteiger partial charge in [0.05, 0.1) is 17.9 Å². The van der Waals surface area contributed by atoms with Crippen LogP contribution in [0.5, 0.6) is 5.75 Å². The van der Waals surface area contributed by atoms with Crippen molar-refractivity contribution in [2.45, 2.75) is 26.2 Å². The topological polar surface area (TPSA) is 60.4 Å². The van der Waals surface area contributed by atoms with Crippen molar-refractivity contribution >= 4 is 25.5 Å². The summed E-state index contributed by atoms with van der Waals surface area (Å²) in [7, 11) is 1.71. The third-order valence-electron chi connectivity index (χ3n) is 2.56. The number of benzene rings is 1. The molecule has 0 unspecified atom stereocenters. The van der Waals surface area contributed by atoms with E-state index in [4.69, 9.17) is 15.4 Å². The zero-order valence-corrected chi connectivity index (χ0v) is 12.3. The standard InChI is InChI=1S/C13H17ClO4S/c1-11(15)12-7-3-4-8-13(12)18-9-5-2-6-10-19(14,16)17/h3-4,7-8H,2,5-6,9-10H2,1H3. The molecule has 0 saturated carbocycles. The number of Topliss-reactive ketones (excluding diaryl/α,β-unsaturated/α-hetero) is 1. The van der Waals surface area contributed by atoms with Crippen LogP contribution in [0.2, 0.25) is 0 Å². The fraction of sp³-hybridized carbons (Fsp3) is 0.462. The first-order valence-corrected chi connectivity index (χ1v) is 8.53. The lowest BCUT2D eigenvalue weighted by Gasteiger charge is -2.09. The van der Waals surface area contributed by atoms with Gasteiger partial charge in [0, 0.05) is 10.7 Å². The third kappa shape index (κ3) is 6.59. The zero-order chi connectivity index (χ0) is 14.3. The molecule has 0 spiro atoms. The first-order valence-electron chi connectivity index (χ1n) is 6.05. The lowest BCUT2D eigenvalue weighted by Crippen LogP contribution is -2.03. The van der Waals surface area contributed by atoms with Crippen LogP contribution in [-0.4, -0.2) is 26.6 Å². The van der Waals surface area contributed by atoms with Crippen LogP contribution in [-0.2, 0) is 9.05 Å². The van der Waals surface area contributed by atoms with Crippen molar-refractivity contribution in [1.82, 2.24) is 0 Å². The van der Waals surface area contributed by atoms with E-state index in [0.29, 0.717) is 30.8 Å². The van der Waals surface area contributed by atoms with Crippen molar-refractivity contribution in [3.63, 3.8) is 0 Å². The molecule has 0 atom stereocenters. The molecule has 0 fully saturated rings. The fourth-order valence-electron chi connectivity index (χ4n) is 1.62. The number of ketones is 1. The fourth-order valence-corrected chi connectivity index (χ4v) is 2.50. The van der Waals surface area contributed by atoms with Gasteiger partial charge in [-0.1, -0.05) is 12.1 Å². The van der Waals surface area contributed by atoms with E-state index in [2.05, 4.69) is 0 Å². The number of para-hydroxylation sites is 1. The molecule has 0 N–H and O–H groups in total. The molecule has 0 heterocycles. The van der Waals surface area contributed by atoms with Gasteiger partial charge in [0.25, 0.3) is 0 Å². The van der Waals surface area contributed by atoms with Gasteiger partial charge in [-0.2, -0.15) is 0 Å². The predicted molar refractivity (Wildman–Crippen MR) is 75.4 cm³/mol. The van der Waals surface area contributed by atoms with Crippen molar-refractivity contribution in [3.05, 3.63) is 29.8 Å². The molecular formula is C13H17ClO4S. The highest BCUT2D eigenvalue weighted by molar-refractivity contribution is 8.13. The van der Waals surface area contributed by atoms with Crippen LogP contribution in [0.3, 0.4) is 0 Å². The second-order valence-electron chi connectivity index (χ2n) is 4.20. The monoisotopic (exact) mass is 304 g/mol. The van der Waals surface area contributed by atoms with Crippen molar-refractivity contribution in [2.24, 2.45) is 0 Å². The van der Waals surface area contributed by atoms with Crippen LogP contribution in [0.15, 0.2) is 24.3 Å². The van der Waals surface area contributed by atoms with Gasteiger partial charge in [-0.05, 0) is 38.3 Å². The minimum atomic E-state index is -3.39. The second-order valence-corrected chi connectivity index (χ2v) is 7.10. The molecule has 0 radical (unpaired) electrons. The average molecular weight is 305 g/mol. The van der Waals surface area contributed by atoms with Crippen LogP contribution in [0.1, 0.15) is 36.5 Å². The molecule has 19 heavy (non-hydrogen) atoms. The van der Waals surface area contributed by atoms with Gasteiger partial charge in [-0.15, -0.1) is 0 Å². The summed E-state index contributed by atoms with van der Waals surface area (Å²) in [4.78, 5) is 11.4. The molecule has 0 saturated heterocycles. The second kappa shape index (κ2) is 7.50. The highest BCUT2D eigenvalue weighted by Crippen LogP contribution is 2.18. The first-order chi connectivity index (χ1) is 8.90. The van der Waals surface area contributed by atoms with Crippen LogP contribution < -0.4 is 4.74 Å². The van der Waals surface area contributed by atoms with Crippen LogP contribution >= 0.6 is 10.7 Å². The summed E-state index contributed by atoms with van der Waals surface area (Å²) >= 11 is 0. The van der Waals surface area contributed by atoms with Crippen LogP contribution in [0, 0.1) is 0 Å². The van der Waals surface area contributed by atoms with E-state index in [-0.39, 0.29) is 11.5 Å². The molecule has 0 aliphatic carbocycles. The van der Waals surface area contributed by atoms with Gasteiger partial charge in [-0.25, -0.2) is 8.42 Å². The van der Waals surface area contributed by atoms with Crippen molar-refractivity contribution in [3.8, 4) is 5.75 Å². The molecule has 0 aliphatic rings. The Bertz CT molecular complexity index is 525. The predicted octanol–water partition coefficient (Wildman–Crippen LogP) is 3.01. The Morgan fingerprint density at radius 1 is 1.21 bits per heavy atom. The Morgan fingerprint density at radius 3 is 2.53 bits per heavy atom. The van der Waals surface area contributed by atoms with Gasteiger partial charge < -0.3 is 4.74 Å². The van der Waals surface area contributed by atoms with Crippen molar-refractivity contribution in [1.29, 1.82) is 0 Å². The van der Waals surface area contributed by atoms with Gasteiger partial charge in [0.15, 0.2) is 5.78 Å². The Kier molecular flexibility index (Phi) is 6.31. The minimum absolute atomic E-state index is 0.0153. The van der Waals surface area contributed by atoms with E-state index in [0.717, 1.165) is 6.42 Å². The first kappa shape index (κ1) is 16.0. The zero-order valence-electron chi connectivity index (χ0n) is 10.8. The number of carbonyl (C=O) groups is 1. The summed E-state index contributed by atoms with van der Waals surface area (Å²) in [6, 6.07) is 7.06. The SMILES string of the molecule is CC(=O)c1ccccc1OCCCCCS(=O)(=O)Cl. The lowest BCUT2D eigenvalue weighted by atomic mass is 10.1. The quantitative estimate of drug-likeness (QED) is 0.421. The smallest absolute Gasteiger partial charge is 0.232 e. The molecular weight excluding hydrogens is 288 g/mol. The summed E-state index contributed by atoms with van der Waals surface area (Å²) in [5, 5.41) is 0. The molecule has 4 nitrogen and oxygen atoms in total. The Labute approximate surface area is 118 Å². The van der Waals surface area contributed by atoms with E-state index in [1.54, 1.807) is 18.2 Å². The summed E-state index contributed by atoms with van der Waals surface area (Å²) < 4.78 is 26.9. The van der Waals surface area contributed by atoms with Gasteiger partial charge in [0.2, 0.25) is 9.05 Å². The van der Waals surface area contributed by atoms with E-state index in [9.17, 15) is 13.2 Å². The molecule has 106 valence electrons. The molecule has 0 amide bonds. The van der Waals surface area contributed by atoms with E-state index >= 15 is 0 Å². The van der Waals surface area contributed by atoms with E-state index < -0.39 is 9.05 Å². The number of ether oxygens (including phenoxy) is 1.